The molecule has 13 heavy (non-hydrogen) atoms. The Balaban J connectivity index is 2.76. The van der Waals surface area contributed by atoms with Crippen molar-refractivity contribution in [1.82, 2.24) is 10.2 Å². The van der Waals surface area contributed by atoms with Gasteiger partial charge in [-0.1, -0.05) is 24.3 Å². The van der Waals surface area contributed by atoms with E-state index in [1.165, 1.54) is 0 Å². The van der Waals surface area contributed by atoms with E-state index in [0.717, 1.165) is 15.3 Å². The molecule has 1 aromatic heterocycles. The Bertz CT molecular complexity index is 424. The maximum atomic E-state index is 5.59. The predicted molar refractivity (Wildman–Crippen MR) is 52.1 cm³/mol. The molecule has 0 amide bonds. The van der Waals surface area contributed by atoms with Crippen molar-refractivity contribution in [3.63, 3.8) is 0 Å². The normalized spacial score (nSPS) is 10.3. The van der Waals surface area contributed by atoms with Crippen LogP contribution in [0.5, 0.6) is 0 Å². The molecule has 0 aliphatic heterocycles. The van der Waals surface area contributed by atoms with E-state index in [4.69, 9.17) is 17.6 Å². The van der Waals surface area contributed by atoms with E-state index < -0.39 is 0 Å². The van der Waals surface area contributed by atoms with Gasteiger partial charge in [-0.05, 0) is 0 Å². The summed E-state index contributed by atoms with van der Waals surface area (Å²) in [5.41, 5.74) is 0. The molecule has 1 heterocycles. The fourth-order valence-corrected chi connectivity index (χ4v) is 1.30. The summed E-state index contributed by atoms with van der Waals surface area (Å²) in [6.45, 7) is 0. The van der Waals surface area contributed by atoms with Gasteiger partial charge in [-0.25, -0.2) is 5.84 Å². The van der Waals surface area contributed by atoms with Crippen molar-refractivity contribution in [3.05, 3.63) is 30.5 Å². The maximum absolute atomic E-state index is 5.59. The van der Waals surface area contributed by atoms with Crippen LogP contribution in [0.3, 0.4) is 0 Å². The van der Waals surface area contributed by atoms with Crippen LogP contribution in [0.15, 0.2) is 30.5 Å². The molecular formula is C8H7ClN4. The molecule has 2 aromatic rings. The van der Waals surface area contributed by atoms with Crippen molar-refractivity contribution in [2.75, 3.05) is 4.53 Å². The van der Waals surface area contributed by atoms with Crippen molar-refractivity contribution in [3.8, 4) is 0 Å². The van der Waals surface area contributed by atoms with Crippen molar-refractivity contribution in [1.29, 1.82) is 0 Å². The van der Waals surface area contributed by atoms with Crippen molar-refractivity contribution < 1.29 is 0 Å². The number of hydrazine groups is 1. The highest BCUT2D eigenvalue weighted by molar-refractivity contribution is 6.26. The van der Waals surface area contributed by atoms with Gasteiger partial charge >= 0.3 is 0 Å². The lowest BCUT2D eigenvalue weighted by Gasteiger charge is -2.08. The van der Waals surface area contributed by atoms with Gasteiger partial charge in [0.25, 0.3) is 0 Å². The molecule has 0 atom stereocenters. The molecule has 0 aliphatic carbocycles. The van der Waals surface area contributed by atoms with Crippen molar-refractivity contribution >= 4 is 28.4 Å². The summed E-state index contributed by atoms with van der Waals surface area (Å²) in [4.78, 5) is 0. The van der Waals surface area contributed by atoms with Crippen LogP contribution in [0.2, 0.25) is 0 Å². The van der Waals surface area contributed by atoms with Crippen LogP contribution in [-0.4, -0.2) is 10.2 Å². The average molecular weight is 195 g/mol. The van der Waals surface area contributed by atoms with E-state index in [0.29, 0.717) is 5.82 Å². The van der Waals surface area contributed by atoms with Gasteiger partial charge in [0.15, 0.2) is 5.82 Å². The summed E-state index contributed by atoms with van der Waals surface area (Å²) in [5, 5.41) is 9.45. The molecule has 0 spiro atoms. The summed E-state index contributed by atoms with van der Waals surface area (Å²) in [6, 6.07) is 7.63. The van der Waals surface area contributed by atoms with E-state index in [2.05, 4.69) is 10.2 Å². The molecule has 2 rings (SSSR count). The van der Waals surface area contributed by atoms with Crippen LogP contribution in [0, 0.1) is 0 Å². The minimum absolute atomic E-state index is 0.458. The van der Waals surface area contributed by atoms with Crippen LogP contribution in [-0.2, 0) is 0 Å². The van der Waals surface area contributed by atoms with Crippen LogP contribution < -0.4 is 10.4 Å². The number of halogens is 1. The van der Waals surface area contributed by atoms with Gasteiger partial charge in [0.1, 0.15) is 0 Å². The third-order valence-electron chi connectivity index (χ3n) is 1.75. The molecule has 1 aromatic carbocycles. The summed E-state index contributed by atoms with van der Waals surface area (Å²) in [7, 11) is 0. The second kappa shape index (κ2) is 3.16. The highest BCUT2D eigenvalue weighted by Gasteiger charge is 2.05. The Morgan fingerprint density at radius 3 is 2.85 bits per heavy atom. The molecule has 0 bridgehead atoms. The largest absolute Gasteiger partial charge is 0.231 e. The van der Waals surface area contributed by atoms with Gasteiger partial charge in [0.2, 0.25) is 0 Å². The molecule has 0 saturated carbocycles. The molecule has 4 nitrogen and oxygen atoms in total. The Kier molecular flexibility index (Phi) is 2.00. The van der Waals surface area contributed by atoms with Gasteiger partial charge < -0.3 is 0 Å². The number of rotatable bonds is 1. The van der Waals surface area contributed by atoms with E-state index >= 15 is 0 Å². The number of aromatic nitrogens is 2. The Morgan fingerprint density at radius 1 is 1.31 bits per heavy atom. The number of nitrogens with zero attached hydrogens (tertiary/aromatic N) is 3. The molecule has 66 valence electrons. The fraction of sp³-hybridized carbons (Fsp3) is 0. The summed E-state index contributed by atoms with van der Waals surface area (Å²) < 4.78 is 0.940. The van der Waals surface area contributed by atoms with Gasteiger partial charge in [-0.15, -0.1) is 5.10 Å². The highest BCUT2D eigenvalue weighted by Crippen LogP contribution is 2.21. The zero-order valence-electron chi connectivity index (χ0n) is 6.68. The number of nitrogens with two attached hydrogens (primary N) is 1. The molecule has 2 N–H and O–H groups in total. The van der Waals surface area contributed by atoms with Crippen LogP contribution >= 0.6 is 11.8 Å². The lowest BCUT2D eigenvalue weighted by molar-refractivity contribution is 1.00. The molecule has 0 fully saturated rings. The van der Waals surface area contributed by atoms with Crippen LogP contribution in [0.4, 0.5) is 5.82 Å². The smallest absolute Gasteiger partial charge is 0.188 e. The number of hydrogen-bond acceptors (Lipinski definition) is 4. The first-order valence-corrected chi connectivity index (χ1v) is 4.04. The number of benzene rings is 1. The van der Waals surface area contributed by atoms with Crippen LogP contribution in [0.25, 0.3) is 10.8 Å². The summed E-state index contributed by atoms with van der Waals surface area (Å²) in [6.07, 6.45) is 1.67. The maximum Gasteiger partial charge on any atom is 0.188 e. The van der Waals surface area contributed by atoms with E-state index in [1.807, 2.05) is 24.3 Å². The third-order valence-corrected chi connectivity index (χ3v) is 1.91. The minimum atomic E-state index is 0.458. The molecule has 0 saturated heterocycles. The van der Waals surface area contributed by atoms with Crippen molar-refractivity contribution in [2.45, 2.75) is 0 Å². The number of anilines is 1. The Morgan fingerprint density at radius 2 is 2.08 bits per heavy atom. The van der Waals surface area contributed by atoms with Gasteiger partial charge in [-0.3, -0.25) is 0 Å². The quantitative estimate of drug-likeness (QED) is 0.424. The lowest BCUT2D eigenvalue weighted by atomic mass is 10.2. The monoisotopic (exact) mass is 194 g/mol. The topological polar surface area (TPSA) is 55.0 Å². The predicted octanol–water partition coefficient (Wildman–Crippen LogP) is 1.46. The Labute approximate surface area is 80.0 Å². The van der Waals surface area contributed by atoms with Crippen LogP contribution in [0.1, 0.15) is 0 Å². The van der Waals surface area contributed by atoms with Crippen molar-refractivity contribution in [2.24, 2.45) is 5.84 Å². The average Bonchev–Trinajstić information content (AvgIpc) is 2.17. The summed E-state index contributed by atoms with van der Waals surface area (Å²) >= 11 is 5.59. The number of hydrogen-bond donors (Lipinski definition) is 1. The first kappa shape index (κ1) is 8.22. The molecule has 5 heteroatoms. The van der Waals surface area contributed by atoms with E-state index in [9.17, 15) is 0 Å². The first-order chi connectivity index (χ1) is 6.29. The fourth-order valence-electron chi connectivity index (χ4n) is 1.17. The zero-order valence-corrected chi connectivity index (χ0v) is 7.44. The second-order valence-electron chi connectivity index (χ2n) is 2.57. The second-order valence-corrected chi connectivity index (χ2v) is 2.93. The molecule has 0 unspecified atom stereocenters. The van der Waals surface area contributed by atoms with Gasteiger partial charge in [0.05, 0.1) is 6.20 Å². The lowest BCUT2D eigenvalue weighted by Crippen LogP contribution is -2.20. The van der Waals surface area contributed by atoms with E-state index in [1.54, 1.807) is 6.20 Å². The molecule has 0 aliphatic rings. The molecule has 0 radical (unpaired) electrons. The molecular weight excluding hydrogens is 188 g/mol. The summed E-state index contributed by atoms with van der Waals surface area (Å²) in [5.74, 6) is 5.83. The SMILES string of the molecule is NN(Cl)c1nncc2ccccc12. The Hall–Kier alpha value is -1.39. The first-order valence-electron chi connectivity index (χ1n) is 3.70. The third kappa shape index (κ3) is 1.41. The minimum Gasteiger partial charge on any atom is -0.231 e. The van der Waals surface area contributed by atoms with Gasteiger partial charge in [0, 0.05) is 22.5 Å². The standard InChI is InChI=1S/C8H7ClN4/c9-13(10)8-7-4-2-1-3-6(7)5-11-12-8/h1-5H,10H2. The highest BCUT2D eigenvalue weighted by atomic mass is 35.5. The number of fused-ring (bicyclic) bond motifs is 1. The zero-order chi connectivity index (χ0) is 9.26. The van der Waals surface area contributed by atoms with Gasteiger partial charge in [-0.2, -0.15) is 9.63 Å². The van der Waals surface area contributed by atoms with E-state index in [-0.39, 0.29) is 0 Å².